The van der Waals surface area contributed by atoms with Gasteiger partial charge in [-0.25, -0.2) is 0 Å². The lowest BCUT2D eigenvalue weighted by Gasteiger charge is -2.11. The van der Waals surface area contributed by atoms with Gasteiger partial charge in [0.15, 0.2) is 0 Å². The summed E-state index contributed by atoms with van der Waals surface area (Å²) in [6, 6.07) is -1.90. The van der Waals surface area contributed by atoms with Gasteiger partial charge < -0.3 is 16.2 Å². The van der Waals surface area contributed by atoms with E-state index in [1.165, 1.54) is 13.2 Å². The highest BCUT2D eigenvalue weighted by atomic mass is 16.4. The highest BCUT2D eigenvalue weighted by Gasteiger charge is 2.18. The van der Waals surface area contributed by atoms with Crippen molar-refractivity contribution in [3.8, 4) is 0 Å². The Morgan fingerprint density at radius 3 is 2.54 bits per heavy atom. The third-order valence-electron chi connectivity index (χ3n) is 1.27. The molecule has 0 rings (SSSR count). The van der Waals surface area contributed by atoms with Crippen molar-refractivity contribution in [2.45, 2.75) is 25.4 Å². The summed E-state index contributed by atoms with van der Waals surface area (Å²) in [5.74, 6) is -1.83. The molecule has 6 heteroatoms. The van der Waals surface area contributed by atoms with Crippen molar-refractivity contribution in [1.82, 2.24) is 5.32 Å². The number of aliphatic carboxylic acids is 1. The second-order valence-electron chi connectivity index (χ2n) is 2.55. The summed E-state index contributed by atoms with van der Waals surface area (Å²) in [5.41, 5.74) is 5.20. The molecule has 0 aromatic rings. The molecule has 0 aliphatic rings. The molecule has 4 N–H and O–H groups in total. The Morgan fingerprint density at radius 2 is 2.15 bits per heavy atom. The Bertz CT molecular complexity index is 217. The van der Waals surface area contributed by atoms with Gasteiger partial charge in [-0.05, 0) is 6.92 Å². The summed E-state index contributed by atoms with van der Waals surface area (Å²) in [7, 11) is 0. The van der Waals surface area contributed by atoms with Crippen LogP contribution in [0, 0.1) is 0 Å². The van der Waals surface area contributed by atoms with Gasteiger partial charge in [0, 0.05) is 0 Å². The zero-order chi connectivity index (χ0) is 10.4. The second-order valence-corrected chi connectivity index (χ2v) is 2.55. The highest BCUT2D eigenvalue weighted by molar-refractivity contribution is 5.87. The van der Waals surface area contributed by atoms with E-state index in [1.807, 2.05) is 0 Å². The van der Waals surface area contributed by atoms with Gasteiger partial charge in [0.2, 0.25) is 12.2 Å². The molecule has 6 nitrogen and oxygen atoms in total. The van der Waals surface area contributed by atoms with E-state index in [9.17, 15) is 14.4 Å². The minimum Gasteiger partial charge on any atom is -0.481 e. The SMILES string of the molecule is C[C@@H]([C]=O)NC(=O)[C@@H](N)CC(=O)O. The van der Waals surface area contributed by atoms with Crippen molar-refractivity contribution in [3.05, 3.63) is 0 Å². The first kappa shape index (κ1) is 11.6. The zero-order valence-electron chi connectivity index (χ0n) is 7.11. The Hall–Kier alpha value is -1.43. The number of carbonyl (C=O) groups excluding carboxylic acids is 2. The van der Waals surface area contributed by atoms with Gasteiger partial charge in [-0.15, -0.1) is 0 Å². The normalized spacial score (nSPS) is 14.3. The summed E-state index contributed by atoms with van der Waals surface area (Å²) in [4.78, 5) is 31.1. The number of hydrogen-bond donors (Lipinski definition) is 3. The second kappa shape index (κ2) is 5.26. The van der Waals surface area contributed by atoms with Gasteiger partial charge in [-0.3, -0.25) is 14.4 Å². The van der Waals surface area contributed by atoms with E-state index in [2.05, 4.69) is 5.32 Å². The molecule has 2 atom stereocenters. The Morgan fingerprint density at radius 1 is 1.62 bits per heavy atom. The van der Waals surface area contributed by atoms with Crippen molar-refractivity contribution >= 4 is 18.2 Å². The molecule has 1 radical (unpaired) electrons. The number of carbonyl (C=O) groups is 2. The molecule has 0 aromatic carbocycles. The van der Waals surface area contributed by atoms with Crippen LogP contribution < -0.4 is 11.1 Å². The Labute approximate surface area is 75.1 Å². The third kappa shape index (κ3) is 4.91. The van der Waals surface area contributed by atoms with Crippen LogP contribution in [0.25, 0.3) is 0 Å². The van der Waals surface area contributed by atoms with E-state index in [0.29, 0.717) is 0 Å². The van der Waals surface area contributed by atoms with Crippen LogP contribution in [0.5, 0.6) is 0 Å². The Balaban J connectivity index is 3.95. The molecule has 0 bridgehead atoms. The lowest BCUT2D eigenvalue weighted by atomic mass is 10.2. The molecule has 0 aromatic heterocycles. The molecule has 0 aliphatic heterocycles. The maximum Gasteiger partial charge on any atom is 0.305 e. The molecule has 0 fully saturated rings. The van der Waals surface area contributed by atoms with E-state index in [1.54, 1.807) is 0 Å². The van der Waals surface area contributed by atoms with Gasteiger partial charge in [0.05, 0.1) is 18.5 Å². The molecule has 0 unspecified atom stereocenters. The topological polar surface area (TPSA) is 109 Å². The number of carboxylic acid groups (broad SMARTS) is 1. The predicted molar refractivity (Wildman–Crippen MR) is 43.5 cm³/mol. The quantitative estimate of drug-likeness (QED) is 0.480. The molecule has 73 valence electrons. The van der Waals surface area contributed by atoms with Crippen LogP contribution in [0.1, 0.15) is 13.3 Å². The molecule has 0 aliphatic carbocycles. The molecule has 1 amide bonds. The van der Waals surface area contributed by atoms with Crippen molar-refractivity contribution in [2.75, 3.05) is 0 Å². The standard InChI is InChI=1S/C7H11N2O4/c1-4(3-10)9-7(13)5(8)2-6(11)12/h4-5H,2,8H2,1H3,(H,9,13)(H,11,12)/t4-,5-/m0/s1. The number of amides is 1. The first-order valence-corrected chi connectivity index (χ1v) is 3.62. The Kier molecular flexibility index (Phi) is 4.68. The lowest BCUT2D eigenvalue weighted by molar-refractivity contribution is -0.139. The average Bonchev–Trinajstić information content (AvgIpc) is 2.02. The number of nitrogens with one attached hydrogen (secondary N) is 1. The largest absolute Gasteiger partial charge is 0.481 e. The van der Waals surface area contributed by atoms with E-state index < -0.39 is 30.4 Å². The minimum atomic E-state index is -1.16. The number of nitrogens with two attached hydrogens (primary N) is 1. The fourth-order valence-electron chi connectivity index (χ4n) is 0.631. The van der Waals surface area contributed by atoms with Gasteiger partial charge in [-0.1, -0.05) is 0 Å². The van der Waals surface area contributed by atoms with Gasteiger partial charge in [-0.2, -0.15) is 0 Å². The van der Waals surface area contributed by atoms with Crippen LogP contribution in [-0.2, 0) is 14.4 Å². The van der Waals surface area contributed by atoms with Gasteiger partial charge >= 0.3 is 5.97 Å². The summed E-state index contributed by atoms with van der Waals surface area (Å²) in [6.07, 6.45) is 1.06. The third-order valence-corrected chi connectivity index (χ3v) is 1.27. The van der Waals surface area contributed by atoms with Crippen LogP contribution in [-0.4, -0.2) is 35.4 Å². The van der Waals surface area contributed by atoms with Crippen LogP contribution in [0.3, 0.4) is 0 Å². The smallest absolute Gasteiger partial charge is 0.305 e. The van der Waals surface area contributed by atoms with Crippen LogP contribution in [0.15, 0.2) is 0 Å². The monoisotopic (exact) mass is 187 g/mol. The number of rotatable bonds is 5. The molecule has 0 saturated heterocycles. The van der Waals surface area contributed by atoms with E-state index in [4.69, 9.17) is 10.8 Å². The van der Waals surface area contributed by atoms with Crippen LogP contribution in [0.4, 0.5) is 0 Å². The van der Waals surface area contributed by atoms with E-state index >= 15 is 0 Å². The summed E-state index contributed by atoms with van der Waals surface area (Å²) in [5, 5.41) is 10.5. The first-order valence-electron chi connectivity index (χ1n) is 3.62. The molecular formula is C7H11N2O4. The van der Waals surface area contributed by atoms with E-state index in [-0.39, 0.29) is 0 Å². The minimum absolute atomic E-state index is 0.461. The average molecular weight is 187 g/mol. The molecule has 13 heavy (non-hydrogen) atoms. The maximum atomic E-state index is 11.0. The first-order chi connectivity index (χ1) is 5.97. The molecule has 0 saturated carbocycles. The van der Waals surface area contributed by atoms with E-state index in [0.717, 1.165) is 0 Å². The molecule has 0 spiro atoms. The predicted octanol–water partition coefficient (Wildman–Crippen LogP) is -1.60. The van der Waals surface area contributed by atoms with Crippen molar-refractivity contribution < 1.29 is 19.5 Å². The van der Waals surface area contributed by atoms with Gasteiger partial charge in [0.1, 0.15) is 0 Å². The molecule has 0 heterocycles. The number of hydrogen-bond acceptors (Lipinski definition) is 4. The summed E-state index contributed by atoms with van der Waals surface area (Å²) >= 11 is 0. The van der Waals surface area contributed by atoms with Crippen molar-refractivity contribution in [2.24, 2.45) is 5.73 Å². The molecular weight excluding hydrogens is 176 g/mol. The van der Waals surface area contributed by atoms with Crippen LogP contribution in [0.2, 0.25) is 0 Å². The fourth-order valence-corrected chi connectivity index (χ4v) is 0.631. The fraction of sp³-hybridized carbons (Fsp3) is 0.571. The number of carboxylic acids is 1. The lowest BCUT2D eigenvalue weighted by Crippen LogP contribution is -2.45. The van der Waals surface area contributed by atoms with Crippen LogP contribution >= 0.6 is 0 Å². The zero-order valence-corrected chi connectivity index (χ0v) is 7.11. The van der Waals surface area contributed by atoms with Crippen molar-refractivity contribution in [3.63, 3.8) is 0 Å². The highest BCUT2D eigenvalue weighted by Crippen LogP contribution is 1.89. The summed E-state index contributed by atoms with van der Waals surface area (Å²) < 4.78 is 0. The maximum absolute atomic E-state index is 11.0. The summed E-state index contributed by atoms with van der Waals surface area (Å²) in [6.45, 7) is 1.42. The van der Waals surface area contributed by atoms with Gasteiger partial charge in [0.25, 0.3) is 0 Å². The van der Waals surface area contributed by atoms with Crippen molar-refractivity contribution in [1.29, 1.82) is 0 Å².